The molecule has 0 saturated carbocycles. The third kappa shape index (κ3) is 15.7. The normalized spacial score (nSPS) is 18.2. The first-order chi connectivity index (χ1) is 16.7. The lowest BCUT2D eigenvalue weighted by Gasteiger charge is -2.22. The second kappa shape index (κ2) is 18.4. The number of likely N-dealkylation sites (N-methyl/N-ethyl adjacent to an activating group) is 1. The second-order valence-corrected chi connectivity index (χ2v) is 10.7. The Morgan fingerprint density at radius 1 is 0.771 bits per heavy atom. The van der Waals surface area contributed by atoms with Crippen LogP contribution in [0.4, 0.5) is 0 Å². The van der Waals surface area contributed by atoms with Crippen LogP contribution in [-0.4, -0.2) is 36.5 Å². The molecule has 1 atom stereocenters. The first kappa shape index (κ1) is 31.2. The fourth-order valence-corrected chi connectivity index (χ4v) is 4.64. The van der Waals surface area contributed by atoms with E-state index < -0.39 is 0 Å². The number of likely N-dealkylation sites (tertiary alicyclic amines) is 1. The minimum absolute atomic E-state index is 0.0599. The van der Waals surface area contributed by atoms with Gasteiger partial charge in [0.2, 0.25) is 5.91 Å². The molecule has 1 fully saturated rings. The second-order valence-electron chi connectivity index (χ2n) is 10.7. The van der Waals surface area contributed by atoms with E-state index in [2.05, 4.69) is 83.0 Å². The summed E-state index contributed by atoms with van der Waals surface area (Å²) in [5.41, 5.74) is 7.02. The van der Waals surface area contributed by atoms with Gasteiger partial charge in [0.15, 0.2) is 0 Å². The number of nitrogens with zero attached hydrogens (tertiary/aromatic N) is 1. The standard InChI is InChI=1S/C32H54N2O/c1-8-34-23-13-22-31(34)25-33-32(35)24-30(7)21-12-20-29(6)19-11-18-28(5)17-10-16-27(4)15-9-14-26(2)3/h14,16,18,20,24,31H,8-13,15,17,19,21-23,25H2,1-7H3,(H,33,35)/b27-16+,28-18+,29-20+,30-24+. The smallest absolute Gasteiger partial charge is 0.243 e. The van der Waals surface area contributed by atoms with Gasteiger partial charge in [-0.05, 0) is 119 Å². The molecular weight excluding hydrogens is 428 g/mol. The Morgan fingerprint density at radius 3 is 1.74 bits per heavy atom. The zero-order valence-corrected chi connectivity index (χ0v) is 24.0. The summed E-state index contributed by atoms with van der Waals surface area (Å²) in [6, 6.07) is 0.513. The van der Waals surface area contributed by atoms with Crippen LogP contribution < -0.4 is 5.32 Å². The molecule has 0 aliphatic carbocycles. The SMILES string of the molecule is CCN1CCCC1CNC(=O)/C=C(\C)CC/C=C(\C)CC/C=C(\C)CC/C=C(\C)CCC=C(C)C. The molecule has 3 heteroatoms. The zero-order valence-electron chi connectivity index (χ0n) is 24.0. The predicted octanol–water partition coefficient (Wildman–Crippen LogP) is 8.46. The van der Waals surface area contributed by atoms with Gasteiger partial charge in [-0.25, -0.2) is 0 Å². The van der Waals surface area contributed by atoms with Crippen LogP contribution in [0.1, 0.15) is 113 Å². The molecule has 1 aliphatic heterocycles. The van der Waals surface area contributed by atoms with Crippen molar-refractivity contribution in [1.29, 1.82) is 0 Å². The molecule has 1 saturated heterocycles. The van der Waals surface area contributed by atoms with E-state index in [9.17, 15) is 4.79 Å². The molecule has 0 aromatic heterocycles. The van der Waals surface area contributed by atoms with Crippen LogP contribution in [0.3, 0.4) is 0 Å². The quantitative estimate of drug-likeness (QED) is 0.177. The van der Waals surface area contributed by atoms with Crippen molar-refractivity contribution in [3.8, 4) is 0 Å². The molecule has 0 bridgehead atoms. The van der Waals surface area contributed by atoms with Gasteiger partial charge in [0.05, 0.1) is 0 Å². The van der Waals surface area contributed by atoms with Crippen molar-refractivity contribution in [2.24, 2.45) is 0 Å². The maximum absolute atomic E-state index is 12.3. The average Bonchev–Trinajstić information content (AvgIpc) is 3.25. The number of amides is 1. The molecule has 1 aliphatic rings. The molecule has 1 amide bonds. The van der Waals surface area contributed by atoms with Gasteiger partial charge in [-0.2, -0.15) is 0 Å². The van der Waals surface area contributed by atoms with Crippen molar-refractivity contribution in [2.45, 2.75) is 119 Å². The first-order valence-corrected chi connectivity index (χ1v) is 14.0. The Morgan fingerprint density at radius 2 is 1.26 bits per heavy atom. The third-order valence-electron chi connectivity index (χ3n) is 6.98. The third-order valence-corrected chi connectivity index (χ3v) is 6.98. The number of hydrogen-bond donors (Lipinski definition) is 1. The summed E-state index contributed by atoms with van der Waals surface area (Å²) in [7, 11) is 0. The van der Waals surface area contributed by atoms with Gasteiger partial charge in [0.1, 0.15) is 0 Å². The Labute approximate surface area is 217 Å². The Balaban J connectivity index is 2.24. The Bertz CT molecular complexity index is 777. The summed E-state index contributed by atoms with van der Waals surface area (Å²) in [4.78, 5) is 14.7. The number of hydrogen-bond acceptors (Lipinski definition) is 2. The lowest BCUT2D eigenvalue weighted by Crippen LogP contribution is -2.39. The van der Waals surface area contributed by atoms with Crippen molar-refractivity contribution in [3.63, 3.8) is 0 Å². The van der Waals surface area contributed by atoms with Crippen LogP contribution in [0, 0.1) is 0 Å². The van der Waals surface area contributed by atoms with Crippen LogP contribution in [0.15, 0.2) is 58.2 Å². The van der Waals surface area contributed by atoms with Gasteiger partial charge in [0, 0.05) is 18.7 Å². The monoisotopic (exact) mass is 482 g/mol. The van der Waals surface area contributed by atoms with E-state index in [0.717, 1.165) is 63.6 Å². The largest absolute Gasteiger partial charge is 0.351 e. The minimum atomic E-state index is 0.0599. The molecule has 0 radical (unpaired) electrons. The van der Waals surface area contributed by atoms with E-state index in [1.54, 1.807) is 6.08 Å². The molecule has 0 spiro atoms. The minimum Gasteiger partial charge on any atom is -0.351 e. The van der Waals surface area contributed by atoms with Crippen LogP contribution in [-0.2, 0) is 4.79 Å². The number of carbonyl (C=O) groups excluding carboxylic acids is 1. The molecule has 1 N–H and O–H groups in total. The van der Waals surface area contributed by atoms with Gasteiger partial charge in [-0.3, -0.25) is 9.69 Å². The fourth-order valence-electron chi connectivity index (χ4n) is 4.64. The van der Waals surface area contributed by atoms with E-state index >= 15 is 0 Å². The summed E-state index contributed by atoms with van der Waals surface area (Å²) < 4.78 is 0. The first-order valence-electron chi connectivity index (χ1n) is 14.0. The molecule has 35 heavy (non-hydrogen) atoms. The van der Waals surface area contributed by atoms with E-state index in [1.807, 2.05) is 0 Å². The highest BCUT2D eigenvalue weighted by Crippen LogP contribution is 2.16. The average molecular weight is 483 g/mol. The van der Waals surface area contributed by atoms with E-state index in [4.69, 9.17) is 0 Å². The lowest BCUT2D eigenvalue weighted by molar-refractivity contribution is -0.116. The molecule has 1 heterocycles. The van der Waals surface area contributed by atoms with E-state index in [1.165, 1.54) is 48.1 Å². The van der Waals surface area contributed by atoms with E-state index in [0.29, 0.717) is 6.04 Å². The van der Waals surface area contributed by atoms with Gasteiger partial charge in [-0.15, -0.1) is 0 Å². The van der Waals surface area contributed by atoms with Crippen LogP contribution >= 0.6 is 0 Å². The molecule has 0 aromatic rings. The number of nitrogens with one attached hydrogen (secondary N) is 1. The summed E-state index contributed by atoms with van der Waals surface area (Å²) in [6.07, 6.45) is 22.5. The van der Waals surface area contributed by atoms with Gasteiger partial charge in [0.25, 0.3) is 0 Å². The van der Waals surface area contributed by atoms with Crippen LogP contribution in [0.5, 0.6) is 0 Å². The van der Waals surface area contributed by atoms with Gasteiger partial charge < -0.3 is 5.32 Å². The van der Waals surface area contributed by atoms with Crippen molar-refractivity contribution >= 4 is 5.91 Å². The van der Waals surface area contributed by atoms with Crippen LogP contribution in [0.2, 0.25) is 0 Å². The highest BCUT2D eigenvalue weighted by atomic mass is 16.1. The molecular formula is C32H54N2O. The molecule has 1 rings (SSSR count). The topological polar surface area (TPSA) is 32.3 Å². The fraction of sp³-hybridized carbons (Fsp3) is 0.656. The summed E-state index contributed by atoms with van der Waals surface area (Å²) >= 11 is 0. The molecule has 1 unspecified atom stereocenters. The van der Waals surface area contributed by atoms with Crippen molar-refractivity contribution in [3.05, 3.63) is 58.2 Å². The highest BCUT2D eigenvalue weighted by Gasteiger charge is 2.22. The summed E-state index contributed by atoms with van der Waals surface area (Å²) in [5, 5.41) is 3.11. The summed E-state index contributed by atoms with van der Waals surface area (Å²) in [6.45, 7) is 18.4. The molecule has 198 valence electrons. The van der Waals surface area contributed by atoms with Crippen molar-refractivity contribution in [1.82, 2.24) is 10.2 Å². The molecule has 0 aromatic carbocycles. The Kier molecular flexibility index (Phi) is 16.4. The van der Waals surface area contributed by atoms with Crippen molar-refractivity contribution < 1.29 is 4.79 Å². The number of carbonyl (C=O) groups is 1. The Hall–Kier alpha value is -1.87. The van der Waals surface area contributed by atoms with Gasteiger partial charge >= 0.3 is 0 Å². The highest BCUT2D eigenvalue weighted by molar-refractivity contribution is 5.88. The number of rotatable bonds is 16. The van der Waals surface area contributed by atoms with E-state index in [-0.39, 0.29) is 5.91 Å². The zero-order chi connectivity index (χ0) is 26.1. The van der Waals surface area contributed by atoms with Gasteiger partial charge in [-0.1, -0.05) is 59.1 Å². The maximum Gasteiger partial charge on any atom is 0.243 e. The number of allylic oxidation sites excluding steroid dienone is 9. The maximum atomic E-state index is 12.3. The lowest BCUT2D eigenvalue weighted by atomic mass is 10.0. The van der Waals surface area contributed by atoms with Crippen molar-refractivity contribution in [2.75, 3.05) is 19.6 Å². The molecule has 3 nitrogen and oxygen atoms in total. The summed E-state index contributed by atoms with van der Waals surface area (Å²) in [5.74, 6) is 0.0599. The van der Waals surface area contributed by atoms with Crippen LogP contribution in [0.25, 0.3) is 0 Å². The predicted molar refractivity (Wildman–Crippen MR) is 155 cm³/mol.